The second-order valence-corrected chi connectivity index (χ2v) is 5.70. The van der Waals surface area contributed by atoms with E-state index in [1.54, 1.807) is 6.92 Å². The maximum atomic E-state index is 12.0. The largest absolute Gasteiger partial charge is 0.478 e. The van der Waals surface area contributed by atoms with Crippen molar-refractivity contribution in [3.8, 4) is 0 Å². The molecule has 1 aromatic heterocycles. The minimum Gasteiger partial charge on any atom is -0.478 e. The Hall–Kier alpha value is -1.91. The van der Waals surface area contributed by atoms with Crippen LogP contribution in [0.3, 0.4) is 0 Å². The Kier molecular flexibility index (Phi) is 4.29. The first kappa shape index (κ1) is 15.1. The third-order valence-electron chi connectivity index (χ3n) is 3.20. The van der Waals surface area contributed by atoms with Gasteiger partial charge in [0.25, 0.3) is 5.91 Å². The number of pyridine rings is 1. The van der Waals surface area contributed by atoms with Crippen molar-refractivity contribution in [2.45, 2.75) is 40.7 Å². The van der Waals surface area contributed by atoms with Gasteiger partial charge in [-0.1, -0.05) is 20.8 Å². The number of aryl methyl sites for hydroxylation is 1. The van der Waals surface area contributed by atoms with Gasteiger partial charge in [-0.2, -0.15) is 0 Å². The minimum absolute atomic E-state index is 0.0127. The zero-order chi connectivity index (χ0) is 14.8. The lowest BCUT2D eigenvalue weighted by Gasteiger charge is -2.27. The Labute approximate surface area is 113 Å². The Morgan fingerprint density at radius 2 is 1.89 bits per heavy atom. The molecule has 0 fully saturated rings. The SMILES string of the molecule is Cc1nc(C(=O)NC(C)C(C)(C)C)ccc1C(=O)O. The van der Waals surface area contributed by atoms with E-state index in [-0.39, 0.29) is 28.6 Å². The number of carbonyl (C=O) groups excluding carboxylic acids is 1. The van der Waals surface area contributed by atoms with Crippen LogP contribution in [0, 0.1) is 12.3 Å². The van der Waals surface area contributed by atoms with Crippen molar-refractivity contribution in [1.29, 1.82) is 0 Å². The smallest absolute Gasteiger partial charge is 0.337 e. The Bertz CT molecular complexity index is 504. The maximum absolute atomic E-state index is 12.0. The molecule has 5 heteroatoms. The predicted molar refractivity (Wildman–Crippen MR) is 72.3 cm³/mol. The van der Waals surface area contributed by atoms with Crippen molar-refractivity contribution in [3.63, 3.8) is 0 Å². The van der Waals surface area contributed by atoms with Gasteiger partial charge in [0.05, 0.1) is 11.3 Å². The van der Waals surface area contributed by atoms with Gasteiger partial charge in [0, 0.05) is 6.04 Å². The van der Waals surface area contributed by atoms with Gasteiger partial charge in [0.1, 0.15) is 5.69 Å². The molecule has 0 bridgehead atoms. The standard InChI is InChI=1S/C14H20N2O3/c1-8-10(13(18)19)6-7-11(15-8)12(17)16-9(2)14(3,4)5/h6-7,9H,1-5H3,(H,16,17)(H,18,19). The monoisotopic (exact) mass is 264 g/mol. The van der Waals surface area contributed by atoms with Crippen LogP contribution in [0.1, 0.15) is 54.2 Å². The van der Waals surface area contributed by atoms with Crippen LogP contribution in [0.15, 0.2) is 12.1 Å². The molecule has 0 saturated heterocycles. The molecule has 1 heterocycles. The van der Waals surface area contributed by atoms with Crippen molar-refractivity contribution in [2.24, 2.45) is 5.41 Å². The van der Waals surface area contributed by atoms with Crippen LogP contribution in [0.25, 0.3) is 0 Å². The highest BCUT2D eigenvalue weighted by Crippen LogP contribution is 2.18. The van der Waals surface area contributed by atoms with E-state index in [4.69, 9.17) is 5.11 Å². The van der Waals surface area contributed by atoms with Crippen LogP contribution in [0.2, 0.25) is 0 Å². The molecule has 0 aromatic carbocycles. The summed E-state index contributed by atoms with van der Waals surface area (Å²) in [6.45, 7) is 9.60. The molecule has 0 aliphatic carbocycles. The van der Waals surface area contributed by atoms with Crippen molar-refractivity contribution in [1.82, 2.24) is 10.3 Å². The summed E-state index contributed by atoms with van der Waals surface area (Å²) in [5, 5.41) is 11.8. The topological polar surface area (TPSA) is 79.3 Å². The molecule has 1 unspecified atom stereocenters. The summed E-state index contributed by atoms with van der Waals surface area (Å²) in [6.07, 6.45) is 0. The number of carboxylic acids is 1. The van der Waals surface area contributed by atoms with Gasteiger partial charge in [-0.15, -0.1) is 0 Å². The van der Waals surface area contributed by atoms with Crippen molar-refractivity contribution in [3.05, 3.63) is 29.1 Å². The van der Waals surface area contributed by atoms with Crippen LogP contribution in [-0.4, -0.2) is 28.0 Å². The molecule has 0 aliphatic rings. The predicted octanol–water partition coefficient (Wildman–Crippen LogP) is 2.25. The molecular formula is C14H20N2O3. The minimum atomic E-state index is -1.04. The fourth-order valence-electron chi connectivity index (χ4n) is 1.40. The number of aromatic nitrogens is 1. The van der Waals surface area contributed by atoms with Gasteiger partial charge in [-0.05, 0) is 31.4 Å². The number of aromatic carboxylic acids is 1. The van der Waals surface area contributed by atoms with Crippen LogP contribution in [-0.2, 0) is 0 Å². The van der Waals surface area contributed by atoms with E-state index < -0.39 is 5.97 Å². The first-order valence-corrected chi connectivity index (χ1v) is 6.14. The first-order valence-electron chi connectivity index (χ1n) is 6.14. The normalized spacial score (nSPS) is 12.9. The average molecular weight is 264 g/mol. The first-order chi connectivity index (χ1) is 8.62. The van der Waals surface area contributed by atoms with Crippen LogP contribution < -0.4 is 5.32 Å². The molecule has 19 heavy (non-hydrogen) atoms. The number of nitrogens with one attached hydrogen (secondary N) is 1. The van der Waals surface area contributed by atoms with E-state index in [9.17, 15) is 9.59 Å². The zero-order valence-electron chi connectivity index (χ0n) is 11.9. The van der Waals surface area contributed by atoms with E-state index in [0.29, 0.717) is 5.69 Å². The number of carboxylic acid groups (broad SMARTS) is 1. The van der Waals surface area contributed by atoms with E-state index in [1.807, 2.05) is 27.7 Å². The van der Waals surface area contributed by atoms with Crippen LogP contribution in [0.4, 0.5) is 0 Å². The summed E-state index contributed by atoms with van der Waals surface area (Å²) in [4.78, 5) is 26.9. The lowest BCUT2D eigenvalue weighted by atomic mass is 9.88. The molecule has 104 valence electrons. The molecule has 5 nitrogen and oxygen atoms in total. The molecule has 1 amide bonds. The highest BCUT2D eigenvalue weighted by molar-refractivity contribution is 5.94. The van der Waals surface area contributed by atoms with E-state index >= 15 is 0 Å². The molecule has 1 atom stereocenters. The van der Waals surface area contributed by atoms with E-state index in [0.717, 1.165) is 0 Å². The second kappa shape index (κ2) is 5.38. The number of rotatable bonds is 3. The van der Waals surface area contributed by atoms with Crippen LogP contribution in [0.5, 0.6) is 0 Å². The Morgan fingerprint density at radius 1 is 1.32 bits per heavy atom. The molecule has 1 aromatic rings. The lowest BCUT2D eigenvalue weighted by molar-refractivity contribution is 0.0694. The molecule has 0 saturated carbocycles. The van der Waals surface area contributed by atoms with Crippen molar-refractivity contribution >= 4 is 11.9 Å². The molecule has 0 radical (unpaired) electrons. The van der Waals surface area contributed by atoms with Gasteiger partial charge < -0.3 is 10.4 Å². The van der Waals surface area contributed by atoms with Crippen molar-refractivity contribution in [2.75, 3.05) is 0 Å². The number of amides is 1. The molecule has 0 aliphatic heterocycles. The highest BCUT2D eigenvalue weighted by atomic mass is 16.4. The van der Waals surface area contributed by atoms with Gasteiger partial charge in [0.2, 0.25) is 0 Å². The van der Waals surface area contributed by atoms with Crippen LogP contribution >= 0.6 is 0 Å². The van der Waals surface area contributed by atoms with Crippen molar-refractivity contribution < 1.29 is 14.7 Å². The Morgan fingerprint density at radius 3 is 2.32 bits per heavy atom. The lowest BCUT2D eigenvalue weighted by Crippen LogP contribution is -2.41. The molecule has 2 N–H and O–H groups in total. The third kappa shape index (κ3) is 3.77. The Balaban J connectivity index is 2.90. The summed E-state index contributed by atoms with van der Waals surface area (Å²) in [7, 11) is 0. The summed E-state index contributed by atoms with van der Waals surface area (Å²) in [5.41, 5.74) is 0.633. The molecule has 1 rings (SSSR count). The van der Waals surface area contributed by atoms with E-state index in [1.165, 1.54) is 12.1 Å². The average Bonchev–Trinajstić information content (AvgIpc) is 2.26. The highest BCUT2D eigenvalue weighted by Gasteiger charge is 2.23. The quantitative estimate of drug-likeness (QED) is 0.877. The number of nitrogens with zero attached hydrogens (tertiary/aromatic N) is 1. The summed E-state index contributed by atoms with van der Waals surface area (Å²) in [5.74, 6) is -1.33. The summed E-state index contributed by atoms with van der Waals surface area (Å²) in [6, 6.07) is 2.82. The van der Waals surface area contributed by atoms with Gasteiger partial charge in [-0.3, -0.25) is 4.79 Å². The fraction of sp³-hybridized carbons (Fsp3) is 0.500. The van der Waals surface area contributed by atoms with E-state index in [2.05, 4.69) is 10.3 Å². The number of hydrogen-bond donors (Lipinski definition) is 2. The second-order valence-electron chi connectivity index (χ2n) is 5.70. The van der Waals surface area contributed by atoms with Gasteiger partial charge in [-0.25, -0.2) is 9.78 Å². The third-order valence-corrected chi connectivity index (χ3v) is 3.20. The molecule has 0 spiro atoms. The van der Waals surface area contributed by atoms with Gasteiger partial charge in [0.15, 0.2) is 0 Å². The zero-order valence-corrected chi connectivity index (χ0v) is 11.9. The maximum Gasteiger partial charge on any atom is 0.337 e. The number of carbonyl (C=O) groups is 2. The fourth-order valence-corrected chi connectivity index (χ4v) is 1.40. The number of hydrogen-bond acceptors (Lipinski definition) is 3. The summed E-state index contributed by atoms with van der Waals surface area (Å²) >= 11 is 0. The van der Waals surface area contributed by atoms with Gasteiger partial charge >= 0.3 is 5.97 Å². The summed E-state index contributed by atoms with van der Waals surface area (Å²) < 4.78 is 0. The molecular weight excluding hydrogens is 244 g/mol.